The van der Waals surface area contributed by atoms with Gasteiger partial charge < -0.3 is 4.52 Å². The standard InChI is InChI=1S/C9H11N3O/c1-9(2,3)8-7-6(13-12-8)4-5-10-11-7/h4-5H,1-3H3. The Kier molecular flexibility index (Phi) is 1.58. The van der Waals surface area contributed by atoms with Crippen molar-refractivity contribution in [2.24, 2.45) is 0 Å². The van der Waals surface area contributed by atoms with Crippen LogP contribution in [-0.4, -0.2) is 15.4 Å². The molecule has 13 heavy (non-hydrogen) atoms. The van der Waals surface area contributed by atoms with Crippen LogP contribution in [0.5, 0.6) is 0 Å². The van der Waals surface area contributed by atoms with Crippen LogP contribution >= 0.6 is 0 Å². The third-order valence-electron chi connectivity index (χ3n) is 1.85. The van der Waals surface area contributed by atoms with Gasteiger partial charge in [-0.05, 0) is 0 Å². The van der Waals surface area contributed by atoms with E-state index in [4.69, 9.17) is 4.52 Å². The van der Waals surface area contributed by atoms with Crippen molar-refractivity contribution in [3.8, 4) is 0 Å². The summed E-state index contributed by atoms with van der Waals surface area (Å²) < 4.78 is 5.12. The van der Waals surface area contributed by atoms with Gasteiger partial charge in [-0.15, -0.1) is 5.10 Å². The van der Waals surface area contributed by atoms with Crippen molar-refractivity contribution in [2.45, 2.75) is 26.2 Å². The van der Waals surface area contributed by atoms with E-state index in [0.717, 1.165) is 11.2 Å². The van der Waals surface area contributed by atoms with Crippen molar-refractivity contribution in [3.63, 3.8) is 0 Å². The van der Waals surface area contributed by atoms with E-state index in [1.807, 2.05) is 0 Å². The Morgan fingerprint density at radius 1 is 1.31 bits per heavy atom. The van der Waals surface area contributed by atoms with Gasteiger partial charge in [0.15, 0.2) is 11.1 Å². The minimum atomic E-state index is -0.0543. The molecule has 4 nitrogen and oxygen atoms in total. The summed E-state index contributed by atoms with van der Waals surface area (Å²) in [6.07, 6.45) is 1.60. The zero-order chi connectivity index (χ0) is 9.47. The minimum absolute atomic E-state index is 0.0543. The normalized spacial score (nSPS) is 12.2. The quantitative estimate of drug-likeness (QED) is 0.616. The molecule has 0 saturated carbocycles. The van der Waals surface area contributed by atoms with Gasteiger partial charge in [0.05, 0.1) is 6.20 Å². The van der Waals surface area contributed by atoms with E-state index in [1.165, 1.54) is 0 Å². The second kappa shape index (κ2) is 2.52. The van der Waals surface area contributed by atoms with Gasteiger partial charge in [0.1, 0.15) is 5.69 Å². The topological polar surface area (TPSA) is 51.8 Å². The Bertz CT molecular complexity index is 428. The van der Waals surface area contributed by atoms with E-state index >= 15 is 0 Å². The molecule has 0 atom stereocenters. The summed E-state index contributed by atoms with van der Waals surface area (Å²) in [4.78, 5) is 0. The van der Waals surface area contributed by atoms with Crippen LogP contribution in [0, 0.1) is 0 Å². The van der Waals surface area contributed by atoms with Crippen LogP contribution < -0.4 is 0 Å². The van der Waals surface area contributed by atoms with Gasteiger partial charge in [-0.3, -0.25) is 0 Å². The summed E-state index contributed by atoms with van der Waals surface area (Å²) in [5, 5.41) is 11.8. The lowest BCUT2D eigenvalue weighted by Crippen LogP contribution is -2.12. The van der Waals surface area contributed by atoms with Crippen LogP contribution in [0.15, 0.2) is 16.8 Å². The van der Waals surface area contributed by atoms with Crippen LogP contribution in [0.3, 0.4) is 0 Å². The highest BCUT2D eigenvalue weighted by Gasteiger charge is 2.22. The van der Waals surface area contributed by atoms with Gasteiger partial charge in [0.25, 0.3) is 0 Å². The Morgan fingerprint density at radius 3 is 2.77 bits per heavy atom. The predicted octanol–water partition coefficient (Wildman–Crippen LogP) is 1.92. The van der Waals surface area contributed by atoms with Crippen molar-refractivity contribution in [2.75, 3.05) is 0 Å². The molecule has 2 aromatic rings. The van der Waals surface area contributed by atoms with Gasteiger partial charge in [-0.2, -0.15) is 5.10 Å². The van der Waals surface area contributed by atoms with Crippen LogP contribution in [-0.2, 0) is 5.41 Å². The van der Waals surface area contributed by atoms with Gasteiger partial charge in [0.2, 0.25) is 0 Å². The number of aromatic nitrogens is 3. The molecule has 0 radical (unpaired) electrons. The summed E-state index contributed by atoms with van der Waals surface area (Å²) in [6, 6.07) is 1.77. The smallest absolute Gasteiger partial charge is 0.189 e. The summed E-state index contributed by atoms with van der Waals surface area (Å²) in [5.74, 6) is 0. The third kappa shape index (κ3) is 1.28. The lowest BCUT2D eigenvalue weighted by molar-refractivity contribution is 0.419. The average molecular weight is 177 g/mol. The molecule has 0 unspecified atom stereocenters. The van der Waals surface area contributed by atoms with Crippen LogP contribution in [0.1, 0.15) is 26.5 Å². The summed E-state index contributed by atoms with van der Waals surface area (Å²) in [5.41, 5.74) is 2.26. The summed E-state index contributed by atoms with van der Waals surface area (Å²) in [6.45, 7) is 6.21. The highest BCUT2D eigenvalue weighted by atomic mass is 16.5. The Hall–Kier alpha value is -1.45. The molecule has 0 bridgehead atoms. The van der Waals surface area contributed by atoms with E-state index < -0.39 is 0 Å². The fourth-order valence-electron chi connectivity index (χ4n) is 1.19. The number of nitrogens with zero attached hydrogens (tertiary/aromatic N) is 3. The average Bonchev–Trinajstić information content (AvgIpc) is 2.45. The zero-order valence-corrected chi connectivity index (χ0v) is 7.90. The van der Waals surface area contributed by atoms with Gasteiger partial charge in [0, 0.05) is 11.5 Å². The van der Waals surface area contributed by atoms with E-state index in [-0.39, 0.29) is 5.41 Å². The molecule has 0 aromatic carbocycles. The largest absolute Gasteiger partial charge is 0.354 e. The second-order valence-corrected chi connectivity index (χ2v) is 4.03. The first-order valence-corrected chi connectivity index (χ1v) is 4.16. The first-order chi connectivity index (χ1) is 6.09. The Balaban J connectivity index is 2.72. The minimum Gasteiger partial charge on any atom is -0.354 e. The molecule has 0 spiro atoms. The Labute approximate surface area is 75.9 Å². The van der Waals surface area contributed by atoms with Gasteiger partial charge in [-0.25, -0.2) is 0 Å². The number of hydrogen-bond acceptors (Lipinski definition) is 4. The maximum Gasteiger partial charge on any atom is 0.189 e. The summed E-state index contributed by atoms with van der Waals surface area (Å²) in [7, 11) is 0. The number of fused-ring (bicyclic) bond motifs is 1. The van der Waals surface area contributed by atoms with E-state index in [9.17, 15) is 0 Å². The summed E-state index contributed by atoms with van der Waals surface area (Å²) >= 11 is 0. The molecule has 0 aliphatic heterocycles. The van der Waals surface area contributed by atoms with Gasteiger partial charge >= 0.3 is 0 Å². The Morgan fingerprint density at radius 2 is 2.08 bits per heavy atom. The fourth-order valence-corrected chi connectivity index (χ4v) is 1.19. The van der Waals surface area contributed by atoms with E-state index in [2.05, 4.69) is 36.1 Å². The molecule has 0 fully saturated rings. The van der Waals surface area contributed by atoms with Crippen LogP contribution in [0.4, 0.5) is 0 Å². The van der Waals surface area contributed by atoms with E-state index in [1.54, 1.807) is 12.3 Å². The molecule has 0 aliphatic carbocycles. The predicted molar refractivity (Wildman–Crippen MR) is 48.3 cm³/mol. The molecule has 0 N–H and O–H groups in total. The van der Waals surface area contributed by atoms with Crippen molar-refractivity contribution in [1.82, 2.24) is 15.4 Å². The second-order valence-electron chi connectivity index (χ2n) is 4.03. The van der Waals surface area contributed by atoms with Crippen molar-refractivity contribution >= 4 is 11.1 Å². The first-order valence-electron chi connectivity index (χ1n) is 4.16. The highest BCUT2D eigenvalue weighted by molar-refractivity contribution is 5.74. The fraction of sp³-hybridized carbons (Fsp3) is 0.444. The SMILES string of the molecule is CC(C)(C)c1noc2ccnnc12. The maximum absolute atomic E-state index is 5.12. The molecule has 2 rings (SSSR count). The maximum atomic E-state index is 5.12. The molecular weight excluding hydrogens is 166 g/mol. The molecular formula is C9H11N3O. The highest BCUT2D eigenvalue weighted by Crippen LogP contribution is 2.26. The van der Waals surface area contributed by atoms with Crippen LogP contribution in [0.25, 0.3) is 11.1 Å². The number of hydrogen-bond donors (Lipinski definition) is 0. The zero-order valence-electron chi connectivity index (χ0n) is 7.90. The monoisotopic (exact) mass is 177 g/mol. The molecule has 4 heteroatoms. The first kappa shape index (κ1) is 8.16. The van der Waals surface area contributed by atoms with Crippen molar-refractivity contribution < 1.29 is 4.52 Å². The van der Waals surface area contributed by atoms with Crippen LogP contribution in [0.2, 0.25) is 0 Å². The molecule has 0 aliphatic rings. The lowest BCUT2D eigenvalue weighted by atomic mass is 9.92. The lowest BCUT2D eigenvalue weighted by Gasteiger charge is -2.13. The third-order valence-corrected chi connectivity index (χ3v) is 1.85. The molecule has 0 amide bonds. The number of rotatable bonds is 0. The molecule has 2 aromatic heterocycles. The van der Waals surface area contributed by atoms with Crippen molar-refractivity contribution in [3.05, 3.63) is 18.0 Å². The molecule has 68 valence electrons. The van der Waals surface area contributed by atoms with Gasteiger partial charge in [-0.1, -0.05) is 25.9 Å². The van der Waals surface area contributed by atoms with E-state index in [0.29, 0.717) is 5.58 Å². The molecule has 2 heterocycles. The van der Waals surface area contributed by atoms with Crippen molar-refractivity contribution in [1.29, 1.82) is 0 Å². The molecule has 0 saturated heterocycles.